The van der Waals surface area contributed by atoms with Gasteiger partial charge < -0.3 is 20.0 Å². The number of fused-ring (bicyclic) bond motifs is 1. The smallest absolute Gasteiger partial charge is 0.372 e. The van der Waals surface area contributed by atoms with Gasteiger partial charge in [-0.15, -0.1) is 0 Å². The van der Waals surface area contributed by atoms with E-state index in [4.69, 9.17) is 4.98 Å². The van der Waals surface area contributed by atoms with Crippen molar-refractivity contribution in [2.24, 2.45) is 0 Å². The van der Waals surface area contributed by atoms with Crippen molar-refractivity contribution in [1.29, 1.82) is 0 Å². The molecule has 1 amide bonds. The van der Waals surface area contributed by atoms with E-state index in [2.05, 4.69) is 33.4 Å². The van der Waals surface area contributed by atoms with E-state index in [1.165, 1.54) is 30.7 Å². The number of nitrogens with one attached hydrogen (secondary N) is 1. The van der Waals surface area contributed by atoms with E-state index in [0.717, 1.165) is 37.1 Å². The van der Waals surface area contributed by atoms with Crippen molar-refractivity contribution in [2.75, 3.05) is 49.5 Å². The van der Waals surface area contributed by atoms with Gasteiger partial charge in [-0.2, -0.15) is 13.2 Å². The molecule has 1 N–H and O–H groups in total. The second-order valence-electron chi connectivity index (χ2n) is 10.9. The number of nitrogens with zero attached hydrogens (tertiary/aromatic N) is 6. The van der Waals surface area contributed by atoms with Crippen LogP contribution in [0.25, 0.3) is 5.65 Å². The first-order valence-corrected chi connectivity index (χ1v) is 14.2. The molecule has 2 saturated heterocycles. The Balaban J connectivity index is 1.13. The number of alkyl halides is 3. The third kappa shape index (κ3) is 5.62. The Bertz CT molecular complexity index is 1470. The van der Waals surface area contributed by atoms with Crippen LogP contribution < -0.4 is 10.2 Å². The van der Waals surface area contributed by atoms with Gasteiger partial charge in [0, 0.05) is 69.0 Å². The lowest BCUT2D eigenvalue weighted by Crippen LogP contribution is -2.52. The molecule has 41 heavy (non-hydrogen) atoms. The summed E-state index contributed by atoms with van der Waals surface area (Å²) in [5.74, 6) is 0.791. The van der Waals surface area contributed by atoms with Crippen LogP contribution in [0, 0.1) is 0 Å². The molecule has 1 aromatic carbocycles. The quantitative estimate of drug-likeness (QED) is 0.458. The number of halogens is 3. The first-order valence-electron chi connectivity index (χ1n) is 14.2. The van der Waals surface area contributed by atoms with Gasteiger partial charge in [0.15, 0.2) is 5.65 Å². The van der Waals surface area contributed by atoms with Gasteiger partial charge in [-0.05, 0) is 50.5 Å². The molecule has 0 spiro atoms. The average molecular weight is 566 g/mol. The number of allylic oxidation sites excluding steroid dienone is 3. The van der Waals surface area contributed by atoms with Gasteiger partial charge in [0.05, 0.1) is 17.5 Å². The molecule has 4 heterocycles. The van der Waals surface area contributed by atoms with Gasteiger partial charge in [-0.1, -0.05) is 18.2 Å². The number of benzene rings is 1. The monoisotopic (exact) mass is 565 g/mol. The molecule has 2 fully saturated rings. The number of aromatic nitrogens is 3. The highest BCUT2D eigenvalue weighted by molar-refractivity contribution is 5.84. The fraction of sp³-hybridized carbons (Fsp3) is 0.433. The van der Waals surface area contributed by atoms with E-state index >= 15 is 0 Å². The molecular formula is C30H34F3N7O. The van der Waals surface area contributed by atoms with E-state index in [0.29, 0.717) is 37.5 Å². The van der Waals surface area contributed by atoms with E-state index in [-0.39, 0.29) is 11.8 Å². The maximum atomic E-state index is 13.5. The Kier molecular flexibility index (Phi) is 7.35. The van der Waals surface area contributed by atoms with Gasteiger partial charge in [0.25, 0.3) is 0 Å². The van der Waals surface area contributed by atoms with Crippen molar-refractivity contribution >= 4 is 23.1 Å². The molecule has 11 heteroatoms. The Morgan fingerprint density at radius 3 is 2.56 bits per heavy atom. The lowest BCUT2D eigenvalue weighted by molar-refractivity contribution is -0.137. The Morgan fingerprint density at radius 2 is 1.85 bits per heavy atom. The molecule has 2 aliphatic heterocycles. The lowest BCUT2D eigenvalue weighted by Gasteiger charge is -2.37. The van der Waals surface area contributed by atoms with Crippen LogP contribution in [0.4, 0.5) is 24.7 Å². The summed E-state index contributed by atoms with van der Waals surface area (Å²) in [4.78, 5) is 28.7. The topological polar surface area (TPSA) is 69.0 Å². The Hall–Kier alpha value is -4.02. The average Bonchev–Trinajstić information content (AvgIpc) is 3.66. The predicted octanol–water partition coefficient (Wildman–Crippen LogP) is 4.92. The molecule has 3 aliphatic rings. The number of likely N-dealkylation sites (tertiary alicyclic amines) is 1. The maximum Gasteiger partial charge on any atom is 0.416 e. The van der Waals surface area contributed by atoms with Gasteiger partial charge in [0.2, 0.25) is 5.91 Å². The third-order valence-corrected chi connectivity index (χ3v) is 8.21. The highest BCUT2D eigenvalue weighted by atomic mass is 19.4. The number of hydrogen-bond acceptors (Lipinski definition) is 6. The number of rotatable bonds is 6. The van der Waals surface area contributed by atoms with Crippen molar-refractivity contribution in [2.45, 2.75) is 44.3 Å². The number of imidazole rings is 1. The van der Waals surface area contributed by atoms with Crippen molar-refractivity contribution < 1.29 is 18.0 Å². The number of carbonyl (C=O) groups is 1. The number of anilines is 2. The molecule has 2 unspecified atom stereocenters. The van der Waals surface area contributed by atoms with E-state index < -0.39 is 17.8 Å². The van der Waals surface area contributed by atoms with E-state index in [1.807, 2.05) is 22.4 Å². The largest absolute Gasteiger partial charge is 0.416 e. The van der Waals surface area contributed by atoms with Crippen LogP contribution in [0.3, 0.4) is 0 Å². The fourth-order valence-corrected chi connectivity index (χ4v) is 5.95. The van der Waals surface area contributed by atoms with Crippen molar-refractivity contribution in [1.82, 2.24) is 24.2 Å². The van der Waals surface area contributed by atoms with Crippen LogP contribution in [-0.4, -0.2) is 75.4 Å². The van der Waals surface area contributed by atoms with Gasteiger partial charge in [-0.3, -0.25) is 14.2 Å². The van der Waals surface area contributed by atoms with Crippen molar-refractivity contribution in [3.05, 3.63) is 78.0 Å². The zero-order valence-electron chi connectivity index (χ0n) is 23.0. The summed E-state index contributed by atoms with van der Waals surface area (Å²) in [5, 5.41) is 3.44. The summed E-state index contributed by atoms with van der Waals surface area (Å²) in [6.45, 7) is 5.83. The van der Waals surface area contributed by atoms with Gasteiger partial charge >= 0.3 is 6.18 Å². The highest BCUT2D eigenvalue weighted by Crippen LogP contribution is 2.34. The van der Waals surface area contributed by atoms with Crippen LogP contribution in [0.1, 0.15) is 43.4 Å². The van der Waals surface area contributed by atoms with E-state index in [1.54, 1.807) is 23.4 Å². The van der Waals surface area contributed by atoms with Crippen LogP contribution >= 0.6 is 0 Å². The molecule has 216 valence electrons. The molecule has 0 bridgehead atoms. The molecular weight excluding hydrogens is 531 g/mol. The van der Waals surface area contributed by atoms with Crippen LogP contribution in [0.2, 0.25) is 0 Å². The molecule has 8 nitrogen and oxygen atoms in total. The van der Waals surface area contributed by atoms with Crippen LogP contribution in [0.5, 0.6) is 0 Å². The van der Waals surface area contributed by atoms with E-state index in [9.17, 15) is 18.0 Å². The minimum atomic E-state index is -4.39. The van der Waals surface area contributed by atoms with Crippen LogP contribution in [0.15, 0.2) is 66.8 Å². The Labute approximate surface area is 237 Å². The molecule has 0 radical (unpaired) electrons. The van der Waals surface area contributed by atoms with Gasteiger partial charge in [0.1, 0.15) is 11.9 Å². The zero-order valence-corrected chi connectivity index (χ0v) is 23.0. The second-order valence-corrected chi connectivity index (χ2v) is 10.9. The van der Waals surface area contributed by atoms with Crippen molar-refractivity contribution in [3.63, 3.8) is 0 Å². The summed E-state index contributed by atoms with van der Waals surface area (Å²) in [6, 6.07) is 4.83. The Morgan fingerprint density at radius 1 is 1.07 bits per heavy atom. The SMILES string of the molecule is CC(Nc1c(C2C=CC(N3CCCC3)=CC2)nc2cnccn12)C(=O)N1CCN(c2cccc(C(F)(F)F)c2)CC1. The fourth-order valence-electron chi connectivity index (χ4n) is 5.95. The highest BCUT2D eigenvalue weighted by Gasteiger charge is 2.32. The minimum Gasteiger partial charge on any atom is -0.372 e. The van der Waals surface area contributed by atoms with Gasteiger partial charge in [-0.25, -0.2) is 4.98 Å². The predicted molar refractivity (Wildman–Crippen MR) is 152 cm³/mol. The summed E-state index contributed by atoms with van der Waals surface area (Å²) >= 11 is 0. The standard InChI is InChI=1S/C30H34F3N7O/c1-21(29(41)39-17-15-38(16-18-39)25-6-4-5-23(19-25)30(31,32)33)35-28-27(36-26-20-34-11-14-40(26)28)22-7-9-24(10-8-22)37-12-2-3-13-37/h4-7,9-11,14,19-22,35H,2-3,8,12-13,15-18H2,1H3. The molecule has 0 saturated carbocycles. The lowest BCUT2D eigenvalue weighted by atomic mass is 9.95. The minimum absolute atomic E-state index is 0.0564. The molecule has 1 aliphatic carbocycles. The van der Waals surface area contributed by atoms with Crippen molar-refractivity contribution in [3.8, 4) is 0 Å². The first-order chi connectivity index (χ1) is 19.8. The maximum absolute atomic E-state index is 13.5. The van der Waals surface area contributed by atoms with Crippen LogP contribution in [-0.2, 0) is 11.0 Å². The molecule has 6 rings (SSSR count). The summed E-state index contributed by atoms with van der Waals surface area (Å²) in [6.07, 6.45) is 10.8. The normalized spacial score (nSPS) is 20.4. The first kappa shape index (κ1) is 27.2. The number of amides is 1. The number of piperazine rings is 1. The zero-order chi connectivity index (χ0) is 28.6. The number of carbonyl (C=O) groups excluding carboxylic acids is 1. The second kappa shape index (κ2) is 11.1. The number of hydrogen-bond donors (Lipinski definition) is 1. The summed E-state index contributed by atoms with van der Waals surface area (Å²) in [7, 11) is 0. The third-order valence-electron chi connectivity index (χ3n) is 8.21. The molecule has 2 atom stereocenters. The molecule has 3 aromatic rings. The summed E-state index contributed by atoms with van der Waals surface area (Å²) < 4.78 is 41.5. The summed E-state index contributed by atoms with van der Waals surface area (Å²) in [5.41, 5.74) is 2.71. The molecule has 2 aromatic heterocycles.